The Bertz CT molecular complexity index is 808. The quantitative estimate of drug-likeness (QED) is 0.741. The minimum absolute atomic E-state index is 0.286. The zero-order chi connectivity index (χ0) is 18.7. The second kappa shape index (κ2) is 7.64. The number of anilines is 1. The van der Waals surface area contributed by atoms with E-state index in [1.165, 1.54) is 6.07 Å². The summed E-state index contributed by atoms with van der Waals surface area (Å²) in [6.45, 7) is 2.37. The molecule has 0 aromatic heterocycles. The van der Waals surface area contributed by atoms with Gasteiger partial charge in [0, 0.05) is 24.6 Å². The largest absolute Gasteiger partial charge is 0.497 e. The molecule has 5 nitrogen and oxygen atoms in total. The summed E-state index contributed by atoms with van der Waals surface area (Å²) in [5.74, 6) is 0.592. The maximum Gasteiger partial charge on any atom is 0.329 e. The molecule has 2 aromatic rings. The van der Waals surface area contributed by atoms with Crippen molar-refractivity contribution in [3.8, 4) is 11.5 Å². The Morgan fingerprint density at radius 1 is 1.23 bits per heavy atom. The zero-order valence-electron chi connectivity index (χ0n) is 15.1. The molecule has 6 heteroatoms. The summed E-state index contributed by atoms with van der Waals surface area (Å²) in [7, 11) is 3.15. The first-order valence-electron chi connectivity index (χ1n) is 8.50. The first kappa shape index (κ1) is 18.0. The van der Waals surface area contributed by atoms with Crippen LogP contribution in [0.2, 0.25) is 0 Å². The number of benzene rings is 2. The molecule has 0 saturated carbocycles. The highest BCUT2D eigenvalue weighted by Gasteiger charge is 2.37. The van der Waals surface area contributed by atoms with Gasteiger partial charge in [0.25, 0.3) is 0 Å². The highest BCUT2D eigenvalue weighted by Crippen LogP contribution is 2.38. The van der Waals surface area contributed by atoms with Crippen LogP contribution in [0.4, 0.5) is 10.1 Å². The molecule has 138 valence electrons. The molecule has 26 heavy (non-hydrogen) atoms. The SMILES string of the molecule is CCOC(=O)C1Cc2cccc(F)c2N1Cc1ccc(OC)cc1OC. The van der Waals surface area contributed by atoms with E-state index < -0.39 is 6.04 Å². The molecule has 1 heterocycles. The summed E-state index contributed by atoms with van der Waals surface area (Å²) in [4.78, 5) is 14.2. The molecule has 0 aliphatic carbocycles. The summed E-state index contributed by atoms with van der Waals surface area (Å²) in [6, 6.07) is 9.80. The van der Waals surface area contributed by atoms with E-state index in [0.717, 1.165) is 11.1 Å². The van der Waals surface area contributed by atoms with Crippen molar-refractivity contribution >= 4 is 11.7 Å². The topological polar surface area (TPSA) is 48.0 Å². The van der Waals surface area contributed by atoms with Gasteiger partial charge in [-0.3, -0.25) is 0 Å². The second-order valence-corrected chi connectivity index (χ2v) is 6.03. The number of esters is 1. The van der Waals surface area contributed by atoms with Crippen molar-refractivity contribution in [3.05, 3.63) is 53.3 Å². The van der Waals surface area contributed by atoms with Gasteiger partial charge in [-0.05, 0) is 30.7 Å². The van der Waals surface area contributed by atoms with E-state index in [0.29, 0.717) is 30.2 Å². The van der Waals surface area contributed by atoms with Gasteiger partial charge >= 0.3 is 5.97 Å². The van der Waals surface area contributed by atoms with Crippen molar-refractivity contribution < 1.29 is 23.4 Å². The Balaban J connectivity index is 1.99. The van der Waals surface area contributed by atoms with Crippen LogP contribution in [-0.2, 0) is 22.5 Å². The molecule has 0 N–H and O–H groups in total. The van der Waals surface area contributed by atoms with Gasteiger partial charge in [-0.15, -0.1) is 0 Å². The van der Waals surface area contributed by atoms with Gasteiger partial charge in [0.05, 0.1) is 26.5 Å². The van der Waals surface area contributed by atoms with Crippen LogP contribution in [0.25, 0.3) is 0 Å². The van der Waals surface area contributed by atoms with Crippen LogP contribution in [0.1, 0.15) is 18.1 Å². The number of nitrogens with zero attached hydrogens (tertiary/aromatic N) is 1. The highest BCUT2D eigenvalue weighted by atomic mass is 19.1. The molecule has 1 atom stereocenters. The lowest BCUT2D eigenvalue weighted by Gasteiger charge is -2.27. The molecular formula is C20H22FNO4. The zero-order valence-corrected chi connectivity index (χ0v) is 15.1. The second-order valence-electron chi connectivity index (χ2n) is 6.03. The fourth-order valence-electron chi connectivity index (χ4n) is 3.32. The Labute approximate surface area is 152 Å². The van der Waals surface area contributed by atoms with Crippen LogP contribution >= 0.6 is 0 Å². The van der Waals surface area contributed by atoms with E-state index in [9.17, 15) is 9.18 Å². The van der Waals surface area contributed by atoms with E-state index in [4.69, 9.17) is 14.2 Å². The highest BCUT2D eigenvalue weighted by molar-refractivity contribution is 5.84. The average molecular weight is 359 g/mol. The molecule has 2 aromatic carbocycles. The number of para-hydroxylation sites is 1. The van der Waals surface area contributed by atoms with Crippen LogP contribution < -0.4 is 14.4 Å². The fraction of sp³-hybridized carbons (Fsp3) is 0.350. The van der Waals surface area contributed by atoms with Crippen LogP contribution in [0.5, 0.6) is 11.5 Å². The number of methoxy groups -OCH3 is 2. The molecule has 0 saturated heterocycles. The first-order chi connectivity index (χ1) is 12.6. The predicted molar refractivity (Wildman–Crippen MR) is 96.3 cm³/mol. The smallest absolute Gasteiger partial charge is 0.329 e. The number of halogens is 1. The van der Waals surface area contributed by atoms with Crippen molar-refractivity contribution in [1.82, 2.24) is 0 Å². The van der Waals surface area contributed by atoms with E-state index in [2.05, 4.69) is 0 Å². The van der Waals surface area contributed by atoms with E-state index in [1.54, 1.807) is 38.2 Å². The first-order valence-corrected chi connectivity index (χ1v) is 8.50. The van der Waals surface area contributed by atoms with Crippen molar-refractivity contribution in [3.63, 3.8) is 0 Å². The molecule has 0 fully saturated rings. The molecule has 1 unspecified atom stereocenters. The molecule has 1 aliphatic rings. The maximum atomic E-state index is 14.5. The van der Waals surface area contributed by atoms with Gasteiger partial charge in [-0.1, -0.05) is 12.1 Å². The van der Waals surface area contributed by atoms with Crippen LogP contribution in [-0.4, -0.2) is 32.8 Å². The van der Waals surface area contributed by atoms with Crippen LogP contribution in [0, 0.1) is 5.82 Å². The third-order valence-corrected chi connectivity index (χ3v) is 4.54. The lowest BCUT2D eigenvalue weighted by molar-refractivity contribution is -0.144. The van der Waals surface area contributed by atoms with E-state index >= 15 is 0 Å². The molecule has 0 bridgehead atoms. The molecule has 0 radical (unpaired) electrons. The van der Waals surface area contributed by atoms with Crippen molar-refractivity contribution in [2.24, 2.45) is 0 Å². The number of carbonyl (C=O) groups is 1. The summed E-state index contributed by atoms with van der Waals surface area (Å²) in [5.41, 5.74) is 2.08. The van der Waals surface area contributed by atoms with Crippen molar-refractivity contribution in [1.29, 1.82) is 0 Å². The lowest BCUT2D eigenvalue weighted by Crippen LogP contribution is -2.39. The fourth-order valence-corrected chi connectivity index (χ4v) is 3.32. The minimum Gasteiger partial charge on any atom is -0.497 e. The Kier molecular flexibility index (Phi) is 5.30. The molecule has 1 aliphatic heterocycles. The average Bonchev–Trinajstić information content (AvgIpc) is 3.02. The summed E-state index contributed by atoms with van der Waals surface area (Å²) in [6.07, 6.45) is 0.421. The molecular weight excluding hydrogens is 337 g/mol. The van der Waals surface area contributed by atoms with Gasteiger partial charge in [-0.25, -0.2) is 9.18 Å². The number of rotatable bonds is 6. The van der Waals surface area contributed by atoms with Crippen molar-refractivity contribution in [2.75, 3.05) is 25.7 Å². The molecule has 3 rings (SSSR count). The van der Waals surface area contributed by atoms with Gasteiger partial charge in [-0.2, -0.15) is 0 Å². The Morgan fingerprint density at radius 3 is 2.73 bits per heavy atom. The van der Waals surface area contributed by atoms with Crippen LogP contribution in [0.15, 0.2) is 36.4 Å². The third-order valence-electron chi connectivity index (χ3n) is 4.54. The van der Waals surface area contributed by atoms with Crippen molar-refractivity contribution in [2.45, 2.75) is 25.9 Å². The van der Waals surface area contributed by atoms with Gasteiger partial charge in [0.1, 0.15) is 23.4 Å². The lowest BCUT2D eigenvalue weighted by atomic mass is 10.1. The number of carbonyl (C=O) groups excluding carboxylic acids is 1. The monoisotopic (exact) mass is 359 g/mol. The standard InChI is InChI=1S/C20H22FNO4/c1-4-26-20(23)17-10-13-6-5-7-16(21)19(13)22(17)12-14-8-9-15(24-2)11-18(14)25-3/h5-9,11,17H,4,10,12H2,1-3H3. The summed E-state index contributed by atoms with van der Waals surface area (Å²) >= 11 is 0. The maximum absolute atomic E-state index is 14.5. The Morgan fingerprint density at radius 2 is 2.04 bits per heavy atom. The van der Waals surface area contributed by atoms with Gasteiger partial charge in [0.2, 0.25) is 0 Å². The van der Waals surface area contributed by atoms with Gasteiger partial charge < -0.3 is 19.1 Å². The van der Waals surface area contributed by atoms with E-state index in [1.807, 2.05) is 18.2 Å². The van der Waals surface area contributed by atoms with Gasteiger partial charge in [0.15, 0.2) is 0 Å². The number of fused-ring (bicyclic) bond motifs is 1. The summed E-state index contributed by atoms with van der Waals surface area (Å²) in [5, 5.41) is 0. The molecule has 0 spiro atoms. The molecule has 0 amide bonds. The third kappa shape index (κ3) is 3.31. The predicted octanol–water partition coefficient (Wildman–Crippen LogP) is 3.34. The van der Waals surface area contributed by atoms with E-state index in [-0.39, 0.29) is 18.4 Å². The van der Waals surface area contributed by atoms with Crippen LogP contribution in [0.3, 0.4) is 0 Å². The number of hydrogen-bond donors (Lipinski definition) is 0. The summed E-state index contributed by atoms with van der Waals surface area (Å²) < 4.78 is 30.4. The Hall–Kier alpha value is -2.76. The normalized spacial score (nSPS) is 15.5. The number of hydrogen-bond acceptors (Lipinski definition) is 5. The minimum atomic E-state index is -0.561. The number of ether oxygens (including phenoxy) is 3.